The summed E-state index contributed by atoms with van der Waals surface area (Å²) in [4.78, 5) is 9.43. The Morgan fingerprint density at radius 2 is 2.11 bits per heavy atom. The maximum absolute atomic E-state index is 5.55. The van der Waals surface area contributed by atoms with E-state index >= 15 is 0 Å². The Balaban J connectivity index is 1.53. The summed E-state index contributed by atoms with van der Waals surface area (Å²) in [5.74, 6) is 2.24. The standard InChI is InChI=1S/C21H26N6O/c1-13-8-16(25-19(9-13)24-15-4-3-7-22-11-15)17-12-23-20-10-18(28-2)21(14-5-6-14)26-27(17)20/h8-10,12,14-15,22H,3-7,11H2,1-2H3,(H,24,25). The molecule has 1 aliphatic heterocycles. The SMILES string of the molecule is COc1cc2ncc(-c3cc(C)cc(NC4CCCNC4)n3)n2nc1C1CC1. The van der Waals surface area contributed by atoms with E-state index in [1.165, 1.54) is 31.2 Å². The molecular formula is C21H26N6O. The average molecular weight is 378 g/mol. The Morgan fingerprint density at radius 3 is 2.86 bits per heavy atom. The number of hydrogen-bond donors (Lipinski definition) is 2. The molecule has 2 aliphatic rings. The Morgan fingerprint density at radius 1 is 1.21 bits per heavy atom. The van der Waals surface area contributed by atoms with Crippen molar-refractivity contribution in [3.63, 3.8) is 0 Å². The first-order chi connectivity index (χ1) is 13.7. The lowest BCUT2D eigenvalue weighted by Crippen LogP contribution is -2.38. The minimum Gasteiger partial charge on any atom is -0.495 e. The fraction of sp³-hybridized carbons (Fsp3) is 0.476. The molecule has 0 spiro atoms. The van der Waals surface area contributed by atoms with E-state index in [1.54, 1.807) is 7.11 Å². The van der Waals surface area contributed by atoms with Crippen LogP contribution >= 0.6 is 0 Å². The second kappa shape index (κ2) is 7.05. The molecule has 1 saturated heterocycles. The van der Waals surface area contributed by atoms with Crippen molar-refractivity contribution in [1.29, 1.82) is 0 Å². The lowest BCUT2D eigenvalue weighted by Gasteiger charge is -2.24. The molecule has 5 rings (SSSR count). The third-order valence-electron chi connectivity index (χ3n) is 5.55. The van der Waals surface area contributed by atoms with Crippen LogP contribution in [0.4, 0.5) is 5.82 Å². The number of rotatable bonds is 5. The number of fused-ring (bicyclic) bond motifs is 1. The molecular weight excluding hydrogens is 352 g/mol. The van der Waals surface area contributed by atoms with Gasteiger partial charge in [0.2, 0.25) is 0 Å². The van der Waals surface area contributed by atoms with E-state index in [0.29, 0.717) is 12.0 Å². The first-order valence-electron chi connectivity index (χ1n) is 10.1. The van der Waals surface area contributed by atoms with Gasteiger partial charge in [-0.3, -0.25) is 0 Å². The van der Waals surface area contributed by atoms with Gasteiger partial charge in [0.15, 0.2) is 5.65 Å². The van der Waals surface area contributed by atoms with Gasteiger partial charge in [-0.05, 0) is 56.8 Å². The largest absolute Gasteiger partial charge is 0.495 e. The van der Waals surface area contributed by atoms with Gasteiger partial charge in [0.05, 0.1) is 19.0 Å². The maximum atomic E-state index is 5.55. The molecule has 1 saturated carbocycles. The normalized spacial score (nSPS) is 19.7. The van der Waals surface area contributed by atoms with Crippen LogP contribution in [0.2, 0.25) is 0 Å². The fourth-order valence-electron chi connectivity index (χ4n) is 3.95. The zero-order valence-electron chi connectivity index (χ0n) is 16.4. The highest BCUT2D eigenvalue weighted by Crippen LogP contribution is 2.43. The summed E-state index contributed by atoms with van der Waals surface area (Å²) in [5.41, 5.74) is 4.77. The van der Waals surface area contributed by atoms with Crippen molar-refractivity contribution in [2.24, 2.45) is 0 Å². The van der Waals surface area contributed by atoms with E-state index in [-0.39, 0.29) is 0 Å². The molecule has 2 fully saturated rings. The molecule has 0 bridgehead atoms. The van der Waals surface area contributed by atoms with Crippen molar-refractivity contribution < 1.29 is 4.74 Å². The number of ether oxygens (including phenoxy) is 1. The van der Waals surface area contributed by atoms with E-state index in [2.05, 4.69) is 34.7 Å². The summed E-state index contributed by atoms with van der Waals surface area (Å²) < 4.78 is 7.45. The third kappa shape index (κ3) is 3.30. The second-order valence-corrected chi connectivity index (χ2v) is 7.89. The van der Waals surface area contributed by atoms with E-state index < -0.39 is 0 Å². The van der Waals surface area contributed by atoms with Crippen LogP contribution in [0.3, 0.4) is 0 Å². The number of nitrogens with zero attached hydrogens (tertiary/aromatic N) is 4. The van der Waals surface area contributed by atoms with Gasteiger partial charge in [-0.1, -0.05) is 0 Å². The number of methoxy groups -OCH3 is 1. The van der Waals surface area contributed by atoms with Crippen molar-refractivity contribution in [2.75, 3.05) is 25.5 Å². The Bertz CT molecular complexity index is 1000. The van der Waals surface area contributed by atoms with Crippen LogP contribution in [-0.4, -0.2) is 45.8 Å². The first-order valence-corrected chi connectivity index (χ1v) is 10.1. The average Bonchev–Trinajstić information content (AvgIpc) is 3.46. The smallest absolute Gasteiger partial charge is 0.157 e. The topological polar surface area (TPSA) is 76.4 Å². The molecule has 0 amide bonds. The highest BCUT2D eigenvalue weighted by molar-refractivity contribution is 5.63. The number of nitrogens with one attached hydrogen (secondary N) is 2. The van der Waals surface area contributed by atoms with Crippen LogP contribution in [0.25, 0.3) is 17.0 Å². The molecule has 28 heavy (non-hydrogen) atoms. The molecule has 7 nitrogen and oxygen atoms in total. The molecule has 3 aromatic heterocycles. The molecule has 146 valence electrons. The van der Waals surface area contributed by atoms with Crippen LogP contribution in [-0.2, 0) is 0 Å². The van der Waals surface area contributed by atoms with Crippen LogP contribution in [0.15, 0.2) is 24.4 Å². The van der Waals surface area contributed by atoms with Crippen molar-refractivity contribution in [2.45, 2.75) is 44.6 Å². The highest BCUT2D eigenvalue weighted by atomic mass is 16.5. The Kier molecular flexibility index (Phi) is 4.39. The van der Waals surface area contributed by atoms with Crippen molar-refractivity contribution in [1.82, 2.24) is 24.9 Å². The summed E-state index contributed by atoms with van der Waals surface area (Å²) >= 11 is 0. The Labute approximate surface area is 164 Å². The lowest BCUT2D eigenvalue weighted by molar-refractivity contribution is 0.405. The van der Waals surface area contributed by atoms with Gasteiger partial charge in [0.1, 0.15) is 23.0 Å². The maximum Gasteiger partial charge on any atom is 0.157 e. The highest BCUT2D eigenvalue weighted by Gasteiger charge is 2.29. The number of piperidine rings is 1. The summed E-state index contributed by atoms with van der Waals surface area (Å²) in [6.45, 7) is 4.18. The van der Waals surface area contributed by atoms with Crippen LogP contribution in [0, 0.1) is 6.92 Å². The van der Waals surface area contributed by atoms with Gasteiger partial charge in [-0.25, -0.2) is 14.5 Å². The lowest BCUT2D eigenvalue weighted by atomic mass is 10.1. The first kappa shape index (κ1) is 17.4. The molecule has 0 aromatic carbocycles. The number of hydrogen-bond acceptors (Lipinski definition) is 6. The van der Waals surface area contributed by atoms with Crippen LogP contribution < -0.4 is 15.4 Å². The van der Waals surface area contributed by atoms with Gasteiger partial charge in [-0.2, -0.15) is 5.10 Å². The molecule has 4 heterocycles. The zero-order chi connectivity index (χ0) is 19.1. The molecule has 1 aliphatic carbocycles. The zero-order valence-corrected chi connectivity index (χ0v) is 16.4. The van der Waals surface area contributed by atoms with Gasteiger partial charge in [-0.15, -0.1) is 0 Å². The summed E-state index contributed by atoms with van der Waals surface area (Å²) in [7, 11) is 1.70. The predicted molar refractivity (Wildman–Crippen MR) is 109 cm³/mol. The molecule has 3 aromatic rings. The van der Waals surface area contributed by atoms with E-state index in [4.69, 9.17) is 14.8 Å². The van der Waals surface area contributed by atoms with Gasteiger partial charge in [0, 0.05) is 24.6 Å². The molecule has 1 unspecified atom stereocenters. The number of aromatic nitrogens is 4. The number of aryl methyl sites for hydroxylation is 1. The summed E-state index contributed by atoms with van der Waals surface area (Å²) in [6, 6.07) is 6.60. The van der Waals surface area contributed by atoms with E-state index in [0.717, 1.165) is 47.4 Å². The third-order valence-corrected chi connectivity index (χ3v) is 5.55. The van der Waals surface area contributed by atoms with Crippen molar-refractivity contribution in [3.05, 3.63) is 35.7 Å². The second-order valence-electron chi connectivity index (χ2n) is 7.89. The monoisotopic (exact) mass is 378 g/mol. The number of anilines is 1. The fourth-order valence-corrected chi connectivity index (χ4v) is 3.95. The molecule has 7 heteroatoms. The van der Waals surface area contributed by atoms with Gasteiger partial charge in [0.25, 0.3) is 0 Å². The number of imidazole rings is 1. The van der Waals surface area contributed by atoms with E-state index in [1.807, 2.05) is 16.8 Å². The van der Waals surface area contributed by atoms with Gasteiger partial charge >= 0.3 is 0 Å². The predicted octanol–water partition coefficient (Wildman–Crippen LogP) is 3.15. The van der Waals surface area contributed by atoms with Gasteiger partial charge < -0.3 is 15.4 Å². The van der Waals surface area contributed by atoms with E-state index in [9.17, 15) is 0 Å². The quantitative estimate of drug-likeness (QED) is 0.710. The molecule has 2 N–H and O–H groups in total. The Hall–Kier alpha value is -2.67. The number of pyridine rings is 1. The molecule has 0 radical (unpaired) electrons. The van der Waals surface area contributed by atoms with Crippen molar-refractivity contribution >= 4 is 11.5 Å². The van der Waals surface area contributed by atoms with Crippen LogP contribution in [0.1, 0.15) is 42.9 Å². The minimum absolute atomic E-state index is 0.418. The summed E-state index contributed by atoms with van der Waals surface area (Å²) in [5, 5.41) is 11.9. The molecule has 1 atom stereocenters. The van der Waals surface area contributed by atoms with Crippen LogP contribution in [0.5, 0.6) is 5.75 Å². The summed E-state index contributed by atoms with van der Waals surface area (Å²) in [6.07, 6.45) is 6.56. The minimum atomic E-state index is 0.418. The van der Waals surface area contributed by atoms with Crippen molar-refractivity contribution in [3.8, 4) is 17.1 Å².